The molecule has 0 amide bonds. The third-order valence-electron chi connectivity index (χ3n) is 2.24. The normalized spacial score (nSPS) is 10.0. The van der Waals surface area contributed by atoms with Gasteiger partial charge in [0.1, 0.15) is 0 Å². The van der Waals surface area contributed by atoms with Crippen LogP contribution in [0.1, 0.15) is 23.6 Å². The van der Waals surface area contributed by atoms with Gasteiger partial charge in [0.2, 0.25) is 0 Å². The third kappa shape index (κ3) is 1.65. The van der Waals surface area contributed by atoms with E-state index >= 15 is 0 Å². The van der Waals surface area contributed by atoms with Crippen LogP contribution in [0.15, 0.2) is 6.07 Å². The van der Waals surface area contributed by atoms with Crippen LogP contribution in [0, 0.1) is 6.92 Å². The van der Waals surface area contributed by atoms with E-state index in [1.807, 2.05) is 19.9 Å². The average Bonchev–Trinajstić information content (AvgIpc) is 2.12. The van der Waals surface area contributed by atoms with Crippen molar-refractivity contribution < 1.29 is 0 Å². The van der Waals surface area contributed by atoms with Crippen molar-refractivity contribution >= 4 is 29.0 Å². The second-order valence-corrected chi connectivity index (χ2v) is 3.30. The molecular formula is C10H14N2S. The summed E-state index contributed by atoms with van der Waals surface area (Å²) < 4.78 is 0. The molecule has 1 aromatic carbocycles. The van der Waals surface area contributed by atoms with Crippen LogP contribution < -0.4 is 11.5 Å². The molecule has 0 saturated carbocycles. The second kappa shape index (κ2) is 3.75. The molecule has 0 saturated heterocycles. The van der Waals surface area contributed by atoms with E-state index in [9.17, 15) is 0 Å². The summed E-state index contributed by atoms with van der Waals surface area (Å²) in [5.74, 6) is 0. The highest BCUT2D eigenvalue weighted by atomic mass is 32.1. The van der Waals surface area contributed by atoms with Crippen molar-refractivity contribution in [2.45, 2.75) is 20.3 Å². The molecule has 2 nitrogen and oxygen atoms in total. The van der Waals surface area contributed by atoms with Gasteiger partial charge in [0.25, 0.3) is 0 Å². The van der Waals surface area contributed by atoms with Gasteiger partial charge in [0, 0.05) is 22.3 Å². The topological polar surface area (TPSA) is 52.0 Å². The molecule has 0 aliphatic carbocycles. The van der Waals surface area contributed by atoms with Gasteiger partial charge in [-0.25, -0.2) is 0 Å². The van der Waals surface area contributed by atoms with Crippen LogP contribution in [0.25, 0.3) is 0 Å². The molecule has 3 heteroatoms. The zero-order valence-electron chi connectivity index (χ0n) is 7.92. The van der Waals surface area contributed by atoms with Crippen molar-refractivity contribution in [2.24, 2.45) is 0 Å². The first kappa shape index (κ1) is 9.99. The molecule has 70 valence electrons. The number of rotatable bonds is 2. The number of nitrogens with two attached hydrogens (primary N) is 2. The minimum absolute atomic E-state index is 0.723. The number of benzene rings is 1. The first-order valence-electron chi connectivity index (χ1n) is 4.24. The predicted octanol–water partition coefficient (Wildman–Crippen LogP) is 2.07. The molecule has 0 fully saturated rings. The Balaban J connectivity index is 3.47. The van der Waals surface area contributed by atoms with Crippen molar-refractivity contribution in [2.75, 3.05) is 11.5 Å². The maximum Gasteiger partial charge on any atom is 0.0449 e. The fraction of sp³-hybridized carbons (Fsp3) is 0.300. The third-order valence-corrected chi connectivity index (χ3v) is 2.49. The molecule has 0 radical (unpaired) electrons. The smallest absolute Gasteiger partial charge is 0.0449 e. The summed E-state index contributed by atoms with van der Waals surface area (Å²) >= 11 is 4.87. The summed E-state index contributed by atoms with van der Waals surface area (Å²) in [6.45, 7) is 4.00. The van der Waals surface area contributed by atoms with E-state index in [0.29, 0.717) is 0 Å². The van der Waals surface area contributed by atoms with E-state index in [-0.39, 0.29) is 0 Å². The van der Waals surface area contributed by atoms with Gasteiger partial charge in [-0.3, -0.25) is 0 Å². The van der Waals surface area contributed by atoms with Crippen LogP contribution in [0.2, 0.25) is 0 Å². The monoisotopic (exact) mass is 194 g/mol. The molecule has 4 N–H and O–H groups in total. The zero-order chi connectivity index (χ0) is 10.0. The number of aryl methyl sites for hydroxylation is 1. The lowest BCUT2D eigenvalue weighted by atomic mass is 10.00. The van der Waals surface area contributed by atoms with Crippen molar-refractivity contribution in [3.05, 3.63) is 22.8 Å². The molecule has 0 atom stereocenters. The lowest BCUT2D eigenvalue weighted by Crippen LogP contribution is -2.04. The largest absolute Gasteiger partial charge is 0.398 e. The van der Waals surface area contributed by atoms with Crippen LogP contribution in [-0.2, 0) is 6.42 Å². The fourth-order valence-corrected chi connectivity index (χ4v) is 1.62. The van der Waals surface area contributed by atoms with Crippen LogP contribution in [0.4, 0.5) is 11.4 Å². The number of hydrogen-bond donors (Lipinski definition) is 2. The highest BCUT2D eigenvalue weighted by Gasteiger charge is 2.08. The summed E-state index contributed by atoms with van der Waals surface area (Å²) in [5.41, 5.74) is 16.3. The summed E-state index contributed by atoms with van der Waals surface area (Å²) in [6, 6.07) is 1.93. The van der Waals surface area contributed by atoms with Gasteiger partial charge in [0.05, 0.1) is 0 Å². The molecule has 0 aromatic heterocycles. The summed E-state index contributed by atoms with van der Waals surface area (Å²) in [7, 11) is 0. The predicted molar refractivity (Wildman–Crippen MR) is 62.1 cm³/mol. The standard InChI is InChI=1S/C10H14N2S/c1-3-8-9(11)6(2)4-7(5-13)10(8)12/h4-5H,3,11-12H2,1-2H3. The van der Waals surface area contributed by atoms with Crippen LogP contribution in [0.3, 0.4) is 0 Å². The van der Waals surface area contributed by atoms with Crippen molar-refractivity contribution in [1.82, 2.24) is 0 Å². The molecule has 0 aliphatic heterocycles. The van der Waals surface area contributed by atoms with Crippen LogP contribution in [-0.4, -0.2) is 5.37 Å². The van der Waals surface area contributed by atoms with Crippen molar-refractivity contribution in [3.63, 3.8) is 0 Å². The van der Waals surface area contributed by atoms with Crippen LogP contribution >= 0.6 is 12.2 Å². The molecule has 0 unspecified atom stereocenters. The number of anilines is 2. The Morgan fingerprint density at radius 3 is 2.46 bits per heavy atom. The number of hydrogen-bond acceptors (Lipinski definition) is 3. The minimum atomic E-state index is 0.723. The molecule has 0 spiro atoms. The van der Waals surface area contributed by atoms with Gasteiger partial charge < -0.3 is 11.5 Å². The zero-order valence-corrected chi connectivity index (χ0v) is 8.74. The fourth-order valence-electron chi connectivity index (χ4n) is 1.42. The molecule has 0 heterocycles. The lowest BCUT2D eigenvalue weighted by Gasteiger charge is -2.12. The van der Waals surface area contributed by atoms with Gasteiger partial charge in [-0.1, -0.05) is 19.1 Å². The van der Waals surface area contributed by atoms with Gasteiger partial charge >= 0.3 is 0 Å². The number of nitrogen functional groups attached to an aromatic ring is 2. The summed E-state index contributed by atoms with van der Waals surface area (Å²) in [6.07, 6.45) is 0.843. The van der Waals surface area contributed by atoms with Gasteiger partial charge in [-0.2, -0.15) is 0 Å². The Morgan fingerprint density at radius 2 is 2.00 bits per heavy atom. The highest BCUT2D eigenvalue weighted by Crippen LogP contribution is 2.26. The molecule has 1 rings (SSSR count). The highest BCUT2D eigenvalue weighted by molar-refractivity contribution is 7.79. The minimum Gasteiger partial charge on any atom is -0.398 e. The number of thiocarbonyl (C=S) groups is 1. The van der Waals surface area contributed by atoms with E-state index in [1.165, 1.54) is 0 Å². The Kier molecular flexibility index (Phi) is 2.88. The van der Waals surface area contributed by atoms with E-state index < -0.39 is 0 Å². The quantitative estimate of drug-likeness (QED) is 0.560. The van der Waals surface area contributed by atoms with E-state index in [2.05, 4.69) is 0 Å². The second-order valence-electron chi connectivity index (χ2n) is 3.06. The van der Waals surface area contributed by atoms with E-state index in [0.717, 1.165) is 34.5 Å². The van der Waals surface area contributed by atoms with Gasteiger partial charge in [-0.05, 0) is 30.5 Å². The van der Waals surface area contributed by atoms with E-state index in [4.69, 9.17) is 23.7 Å². The molecule has 0 bridgehead atoms. The summed E-state index contributed by atoms with van der Waals surface area (Å²) in [5, 5.41) is 1.60. The molecule has 1 aromatic rings. The Labute approximate surface area is 83.9 Å². The Hall–Kier alpha value is -1.09. The molecule has 0 aliphatic rings. The lowest BCUT2D eigenvalue weighted by molar-refractivity contribution is 1.14. The first-order valence-corrected chi connectivity index (χ1v) is 4.71. The SMILES string of the molecule is CCc1c(N)c(C)cc(C=S)c1N. The molecule has 13 heavy (non-hydrogen) atoms. The average molecular weight is 194 g/mol. The van der Waals surface area contributed by atoms with Gasteiger partial charge in [0.15, 0.2) is 0 Å². The molecular weight excluding hydrogens is 180 g/mol. The Morgan fingerprint density at radius 1 is 1.38 bits per heavy atom. The van der Waals surface area contributed by atoms with Gasteiger partial charge in [-0.15, -0.1) is 0 Å². The summed E-state index contributed by atoms with van der Waals surface area (Å²) in [4.78, 5) is 0. The maximum absolute atomic E-state index is 5.90. The van der Waals surface area contributed by atoms with Crippen molar-refractivity contribution in [1.29, 1.82) is 0 Å². The first-order chi connectivity index (χ1) is 6.11. The maximum atomic E-state index is 5.90. The van der Waals surface area contributed by atoms with Crippen LogP contribution in [0.5, 0.6) is 0 Å². The van der Waals surface area contributed by atoms with E-state index in [1.54, 1.807) is 5.37 Å². The van der Waals surface area contributed by atoms with Crippen molar-refractivity contribution in [3.8, 4) is 0 Å². The Bertz CT molecular complexity index is 345.